The Kier molecular flexibility index (Phi) is 3.10. The van der Waals surface area contributed by atoms with E-state index in [0.717, 1.165) is 24.6 Å². The van der Waals surface area contributed by atoms with Gasteiger partial charge in [0.15, 0.2) is 5.82 Å². The summed E-state index contributed by atoms with van der Waals surface area (Å²) in [6.07, 6.45) is 2.52. The van der Waals surface area contributed by atoms with E-state index < -0.39 is 0 Å². The lowest BCUT2D eigenvalue weighted by Gasteiger charge is -2.38. The number of rotatable bonds is 2. The molecule has 0 aliphatic carbocycles. The molecule has 0 spiro atoms. The Hall–Kier alpha value is -1.16. The minimum absolute atomic E-state index is 0.381. The first kappa shape index (κ1) is 11.3. The van der Waals surface area contributed by atoms with Crippen molar-refractivity contribution in [2.75, 3.05) is 18.0 Å². The highest BCUT2D eigenvalue weighted by Crippen LogP contribution is 2.30. The van der Waals surface area contributed by atoms with E-state index in [2.05, 4.69) is 28.9 Å². The smallest absolute Gasteiger partial charge is 0.151 e. The summed E-state index contributed by atoms with van der Waals surface area (Å²) in [5, 5.41) is 8.34. The molecule has 0 amide bonds. The summed E-state index contributed by atoms with van der Waals surface area (Å²) in [4.78, 5) is 2.32. The van der Waals surface area contributed by atoms with Crippen LogP contribution >= 0.6 is 0 Å². The van der Waals surface area contributed by atoms with Gasteiger partial charge in [-0.3, -0.25) is 0 Å². The minimum Gasteiger partial charge on any atom is -0.355 e. The van der Waals surface area contributed by atoms with Gasteiger partial charge >= 0.3 is 0 Å². The first-order valence-electron chi connectivity index (χ1n) is 5.88. The molecule has 1 aromatic rings. The van der Waals surface area contributed by atoms with Crippen molar-refractivity contribution in [1.29, 1.82) is 0 Å². The van der Waals surface area contributed by atoms with Gasteiger partial charge in [0.1, 0.15) is 0 Å². The molecule has 1 aliphatic rings. The first-order valence-corrected chi connectivity index (χ1v) is 5.88. The quantitative estimate of drug-likeness (QED) is 0.822. The van der Waals surface area contributed by atoms with Gasteiger partial charge in [-0.05, 0) is 30.4 Å². The van der Waals surface area contributed by atoms with Gasteiger partial charge in [-0.1, -0.05) is 13.8 Å². The highest BCUT2D eigenvalue weighted by molar-refractivity contribution is 5.38. The molecule has 4 heteroatoms. The lowest BCUT2D eigenvalue weighted by Crippen LogP contribution is -2.40. The summed E-state index contributed by atoms with van der Waals surface area (Å²) >= 11 is 0. The van der Waals surface area contributed by atoms with Crippen LogP contribution < -0.4 is 10.6 Å². The third-order valence-electron chi connectivity index (χ3n) is 3.14. The maximum Gasteiger partial charge on any atom is 0.151 e. The van der Waals surface area contributed by atoms with E-state index in [0.29, 0.717) is 12.0 Å². The fraction of sp³-hybridized carbons (Fsp3) is 0.667. The van der Waals surface area contributed by atoms with Crippen molar-refractivity contribution >= 4 is 5.82 Å². The Bertz CT molecular complexity index is 345. The second kappa shape index (κ2) is 4.37. The molecule has 0 bridgehead atoms. The van der Waals surface area contributed by atoms with Gasteiger partial charge in [0.2, 0.25) is 0 Å². The normalized spacial score (nSPS) is 19.8. The Balaban J connectivity index is 2.11. The average molecular weight is 220 g/mol. The van der Waals surface area contributed by atoms with E-state index in [1.807, 2.05) is 12.1 Å². The number of nitrogens with zero attached hydrogens (tertiary/aromatic N) is 3. The van der Waals surface area contributed by atoms with Gasteiger partial charge in [-0.25, -0.2) is 0 Å². The summed E-state index contributed by atoms with van der Waals surface area (Å²) in [5.74, 6) is 0.977. The van der Waals surface area contributed by atoms with Crippen molar-refractivity contribution in [3.8, 4) is 0 Å². The van der Waals surface area contributed by atoms with Crippen molar-refractivity contribution in [1.82, 2.24) is 10.2 Å². The van der Waals surface area contributed by atoms with Crippen molar-refractivity contribution in [3.05, 3.63) is 17.8 Å². The second-order valence-electron chi connectivity index (χ2n) is 5.28. The zero-order valence-electron chi connectivity index (χ0n) is 10.1. The summed E-state index contributed by atoms with van der Waals surface area (Å²) in [5.41, 5.74) is 6.73. The van der Waals surface area contributed by atoms with Crippen LogP contribution in [-0.2, 0) is 6.54 Å². The third-order valence-corrected chi connectivity index (χ3v) is 3.14. The molecule has 4 nitrogen and oxygen atoms in total. The van der Waals surface area contributed by atoms with Crippen molar-refractivity contribution in [2.45, 2.75) is 33.2 Å². The molecular formula is C12H20N4. The topological polar surface area (TPSA) is 55.0 Å². The number of nitrogens with two attached hydrogens (primary N) is 1. The van der Waals surface area contributed by atoms with Crippen LogP contribution in [0.1, 0.15) is 32.4 Å². The molecule has 0 saturated carbocycles. The number of hydrogen-bond donors (Lipinski definition) is 1. The molecule has 0 radical (unpaired) electrons. The van der Waals surface area contributed by atoms with Gasteiger partial charge in [0.25, 0.3) is 0 Å². The van der Waals surface area contributed by atoms with E-state index in [-0.39, 0.29) is 0 Å². The van der Waals surface area contributed by atoms with Crippen LogP contribution in [0.2, 0.25) is 0 Å². The van der Waals surface area contributed by atoms with Crippen LogP contribution in [-0.4, -0.2) is 23.3 Å². The number of hydrogen-bond acceptors (Lipinski definition) is 4. The van der Waals surface area contributed by atoms with E-state index >= 15 is 0 Å². The van der Waals surface area contributed by atoms with Crippen molar-refractivity contribution in [3.63, 3.8) is 0 Å². The summed E-state index contributed by atoms with van der Waals surface area (Å²) < 4.78 is 0. The fourth-order valence-electron chi connectivity index (χ4n) is 2.25. The van der Waals surface area contributed by atoms with E-state index in [4.69, 9.17) is 5.73 Å². The first-order chi connectivity index (χ1) is 7.61. The average Bonchev–Trinajstić information content (AvgIpc) is 2.28. The SMILES string of the molecule is CC1(C)CCCN(c2ccc(CN)nn2)C1. The van der Waals surface area contributed by atoms with Crippen LogP contribution in [0, 0.1) is 5.41 Å². The maximum absolute atomic E-state index is 5.51. The lowest BCUT2D eigenvalue weighted by atomic mass is 9.84. The van der Waals surface area contributed by atoms with Gasteiger partial charge in [-0.2, -0.15) is 5.10 Å². The molecule has 0 aromatic carbocycles. The predicted molar refractivity (Wildman–Crippen MR) is 65.2 cm³/mol. The second-order valence-corrected chi connectivity index (χ2v) is 5.28. The zero-order valence-corrected chi connectivity index (χ0v) is 10.1. The van der Waals surface area contributed by atoms with E-state index in [1.54, 1.807) is 0 Å². The Morgan fingerprint density at radius 3 is 2.75 bits per heavy atom. The number of piperidine rings is 1. The van der Waals surface area contributed by atoms with Crippen molar-refractivity contribution in [2.24, 2.45) is 11.1 Å². The Labute approximate surface area is 96.9 Å². The molecular weight excluding hydrogens is 200 g/mol. The van der Waals surface area contributed by atoms with Gasteiger partial charge < -0.3 is 10.6 Å². The zero-order chi connectivity index (χ0) is 11.6. The monoisotopic (exact) mass is 220 g/mol. The Morgan fingerprint density at radius 2 is 2.19 bits per heavy atom. The molecule has 0 atom stereocenters. The van der Waals surface area contributed by atoms with Gasteiger partial charge in [-0.15, -0.1) is 5.10 Å². The molecule has 1 aliphatic heterocycles. The maximum atomic E-state index is 5.51. The highest BCUT2D eigenvalue weighted by atomic mass is 15.3. The van der Waals surface area contributed by atoms with Gasteiger partial charge in [0, 0.05) is 19.6 Å². The minimum atomic E-state index is 0.381. The molecule has 2 rings (SSSR count). The molecule has 88 valence electrons. The summed E-state index contributed by atoms with van der Waals surface area (Å²) in [6, 6.07) is 3.99. The lowest BCUT2D eigenvalue weighted by molar-refractivity contribution is 0.291. The van der Waals surface area contributed by atoms with Gasteiger partial charge in [0.05, 0.1) is 5.69 Å². The van der Waals surface area contributed by atoms with E-state index in [1.165, 1.54) is 12.8 Å². The summed E-state index contributed by atoms with van der Waals surface area (Å²) in [6.45, 7) is 7.21. The van der Waals surface area contributed by atoms with Crippen molar-refractivity contribution < 1.29 is 0 Å². The molecule has 16 heavy (non-hydrogen) atoms. The van der Waals surface area contributed by atoms with Crippen LogP contribution in [0.25, 0.3) is 0 Å². The summed E-state index contributed by atoms with van der Waals surface area (Å²) in [7, 11) is 0. The van der Waals surface area contributed by atoms with Crippen LogP contribution in [0.4, 0.5) is 5.82 Å². The molecule has 2 N–H and O–H groups in total. The third kappa shape index (κ3) is 2.50. The largest absolute Gasteiger partial charge is 0.355 e. The fourth-order valence-corrected chi connectivity index (χ4v) is 2.25. The van der Waals surface area contributed by atoms with Crippen LogP contribution in [0.3, 0.4) is 0 Å². The molecule has 1 saturated heterocycles. The molecule has 1 aromatic heterocycles. The number of aromatic nitrogens is 2. The van der Waals surface area contributed by atoms with E-state index in [9.17, 15) is 0 Å². The molecule has 0 unspecified atom stereocenters. The molecule has 2 heterocycles. The predicted octanol–water partition coefficient (Wildman–Crippen LogP) is 1.56. The van der Waals surface area contributed by atoms with Crippen LogP contribution in [0.15, 0.2) is 12.1 Å². The standard InChI is InChI=1S/C12H20N4/c1-12(2)6-3-7-16(9-12)11-5-4-10(8-13)14-15-11/h4-5H,3,6-9,13H2,1-2H3. The molecule has 1 fully saturated rings. The number of anilines is 1. The highest BCUT2D eigenvalue weighted by Gasteiger charge is 2.27. The Morgan fingerprint density at radius 1 is 1.38 bits per heavy atom. The van der Waals surface area contributed by atoms with Crippen LogP contribution in [0.5, 0.6) is 0 Å².